The number of rotatable bonds is 5. The predicted molar refractivity (Wildman–Crippen MR) is 77.4 cm³/mol. The predicted octanol–water partition coefficient (Wildman–Crippen LogP) is 3.15. The molecule has 4 nitrogen and oxygen atoms in total. The number of nitrogens with one attached hydrogen (secondary N) is 1. The van der Waals surface area contributed by atoms with E-state index in [1.54, 1.807) is 48.5 Å². The lowest BCUT2D eigenvalue weighted by Gasteiger charge is -2.07. The Kier molecular flexibility index (Phi) is 4.50. The highest BCUT2D eigenvalue weighted by atomic mass is 16.5. The van der Waals surface area contributed by atoms with E-state index >= 15 is 0 Å². The molecule has 1 amide bonds. The van der Waals surface area contributed by atoms with E-state index in [4.69, 9.17) is 4.74 Å². The summed E-state index contributed by atoms with van der Waals surface area (Å²) in [7, 11) is 0. The molecule has 0 unspecified atom stereocenters. The maximum Gasteiger partial charge on any atom is 0.255 e. The summed E-state index contributed by atoms with van der Waals surface area (Å²) in [5, 5.41) is 2.77. The van der Waals surface area contributed by atoms with Gasteiger partial charge in [0.15, 0.2) is 0 Å². The Hall–Kier alpha value is -2.62. The first-order valence-corrected chi connectivity index (χ1v) is 6.32. The summed E-state index contributed by atoms with van der Waals surface area (Å²) in [5.41, 5.74) is 1.77. The smallest absolute Gasteiger partial charge is 0.255 e. The van der Waals surface area contributed by atoms with Gasteiger partial charge < -0.3 is 10.1 Å². The Morgan fingerprint density at radius 1 is 1.10 bits per heavy atom. The molecule has 2 rings (SSSR count). The number of carbonyl (C=O) groups is 2. The van der Waals surface area contributed by atoms with Crippen molar-refractivity contribution in [3.05, 3.63) is 59.7 Å². The van der Waals surface area contributed by atoms with Crippen molar-refractivity contribution in [3.8, 4) is 5.75 Å². The first kappa shape index (κ1) is 13.8. The fourth-order valence-corrected chi connectivity index (χ4v) is 1.72. The van der Waals surface area contributed by atoms with Gasteiger partial charge in [0.2, 0.25) is 0 Å². The molecule has 2 aromatic carbocycles. The van der Waals surface area contributed by atoms with E-state index in [2.05, 4.69) is 5.32 Å². The molecule has 0 aliphatic heterocycles. The van der Waals surface area contributed by atoms with Crippen molar-refractivity contribution in [1.29, 1.82) is 0 Å². The van der Waals surface area contributed by atoms with Crippen molar-refractivity contribution in [3.63, 3.8) is 0 Å². The van der Waals surface area contributed by atoms with E-state index in [0.29, 0.717) is 23.4 Å². The van der Waals surface area contributed by atoms with Crippen LogP contribution in [0, 0.1) is 0 Å². The summed E-state index contributed by atoms with van der Waals surface area (Å²) in [6, 6.07) is 13.6. The minimum atomic E-state index is -0.202. The highest BCUT2D eigenvalue weighted by Crippen LogP contribution is 2.14. The third-order valence-corrected chi connectivity index (χ3v) is 2.73. The average Bonchev–Trinajstić information content (AvgIpc) is 2.49. The zero-order chi connectivity index (χ0) is 14.4. The van der Waals surface area contributed by atoms with Gasteiger partial charge in [0.1, 0.15) is 12.0 Å². The summed E-state index contributed by atoms with van der Waals surface area (Å²) in [4.78, 5) is 22.6. The Morgan fingerprint density at radius 2 is 1.75 bits per heavy atom. The van der Waals surface area contributed by atoms with Crippen LogP contribution < -0.4 is 10.1 Å². The first-order chi connectivity index (χ1) is 9.72. The lowest BCUT2D eigenvalue weighted by atomic mass is 10.2. The molecule has 0 bridgehead atoms. The van der Waals surface area contributed by atoms with Crippen LogP contribution in [0.2, 0.25) is 0 Å². The highest BCUT2D eigenvalue weighted by Gasteiger charge is 2.06. The van der Waals surface area contributed by atoms with Crippen LogP contribution >= 0.6 is 0 Å². The van der Waals surface area contributed by atoms with Gasteiger partial charge >= 0.3 is 0 Å². The molecule has 4 heteroatoms. The lowest BCUT2D eigenvalue weighted by Crippen LogP contribution is -2.11. The standard InChI is InChI=1S/C16H15NO3/c1-2-20-15-9-5-13(6-10-15)16(19)17-14-7-3-12(11-18)4-8-14/h3-11H,2H2,1H3,(H,17,19). The number of aldehydes is 1. The largest absolute Gasteiger partial charge is 0.494 e. The minimum absolute atomic E-state index is 0.202. The van der Waals surface area contributed by atoms with E-state index in [9.17, 15) is 9.59 Å². The summed E-state index contributed by atoms with van der Waals surface area (Å²) in [6.45, 7) is 2.50. The second-order valence-corrected chi connectivity index (χ2v) is 4.15. The van der Waals surface area contributed by atoms with Gasteiger partial charge in [-0.1, -0.05) is 0 Å². The quantitative estimate of drug-likeness (QED) is 0.848. The van der Waals surface area contributed by atoms with Gasteiger partial charge in [-0.3, -0.25) is 9.59 Å². The minimum Gasteiger partial charge on any atom is -0.494 e. The van der Waals surface area contributed by atoms with Gasteiger partial charge in [-0.2, -0.15) is 0 Å². The molecule has 0 spiro atoms. The Labute approximate surface area is 117 Å². The normalized spacial score (nSPS) is 9.85. The average molecular weight is 269 g/mol. The first-order valence-electron chi connectivity index (χ1n) is 6.32. The maximum absolute atomic E-state index is 12.0. The van der Waals surface area contributed by atoms with Crippen LogP contribution in [-0.2, 0) is 0 Å². The van der Waals surface area contributed by atoms with Crippen LogP contribution in [-0.4, -0.2) is 18.8 Å². The van der Waals surface area contributed by atoms with Crippen LogP contribution in [0.3, 0.4) is 0 Å². The van der Waals surface area contributed by atoms with Crippen molar-refractivity contribution < 1.29 is 14.3 Å². The number of ether oxygens (including phenoxy) is 1. The number of hydrogen-bond acceptors (Lipinski definition) is 3. The van der Waals surface area contributed by atoms with Gasteiger partial charge in [-0.15, -0.1) is 0 Å². The zero-order valence-corrected chi connectivity index (χ0v) is 11.1. The summed E-state index contributed by atoms with van der Waals surface area (Å²) < 4.78 is 5.32. The van der Waals surface area contributed by atoms with Crippen LogP contribution in [0.1, 0.15) is 27.6 Å². The molecule has 20 heavy (non-hydrogen) atoms. The highest BCUT2D eigenvalue weighted by molar-refractivity contribution is 6.04. The molecule has 0 aliphatic carbocycles. The number of benzene rings is 2. The lowest BCUT2D eigenvalue weighted by molar-refractivity contribution is 0.102. The van der Waals surface area contributed by atoms with E-state index in [0.717, 1.165) is 12.0 Å². The maximum atomic E-state index is 12.0. The molecule has 0 fully saturated rings. The molecule has 0 saturated carbocycles. The van der Waals surface area contributed by atoms with E-state index in [-0.39, 0.29) is 5.91 Å². The van der Waals surface area contributed by atoms with Crippen LogP contribution in [0.4, 0.5) is 5.69 Å². The van der Waals surface area contributed by atoms with Gasteiger partial charge in [0, 0.05) is 16.8 Å². The topological polar surface area (TPSA) is 55.4 Å². The van der Waals surface area contributed by atoms with Crippen molar-refractivity contribution in [1.82, 2.24) is 0 Å². The second-order valence-electron chi connectivity index (χ2n) is 4.15. The fraction of sp³-hybridized carbons (Fsp3) is 0.125. The number of anilines is 1. The third-order valence-electron chi connectivity index (χ3n) is 2.73. The Morgan fingerprint density at radius 3 is 2.30 bits per heavy atom. The van der Waals surface area contributed by atoms with Gasteiger partial charge in [0.05, 0.1) is 6.61 Å². The van der Waals surface area contributed by atoms with Gasteiger partial charge in [-0.05, 0) is 55.5 Å². The molecule has 1 N–H and O–H groups in total. The zero-order valence-electron chi connectivity index (χ0n) is 11.1. The fourth-order valence-electron chi connectivity index (χ4n) is 1.72. The molecule has 0 atom stereocenters. The van der Waals surface area contributed by atoms with Crippen LogP contribution in [0.5, 0.6) is 5.75 Å². The molecule has 0 aromatic heterocycles. The molecule has 0 saturated heterocycles. The Balaban J connectivity index is 2.04. The van der Waals surface area contributed by atoms with Gasteiger partial charge in [-0.25, -0.2) is 0 Å². The number of hydrogen-bond donors (Lipinski definition) is 1. The van der Waals surface area contributed by atoms with Crippen LogP contribution in [0.15, 0.2) is 48.5 Å². The third kappa shape index (κ3) is 3.45. The van der Waals surface area contributed by atoms with E-state index < -0.39 is 0 Å². The molecule has 0 radical (unpaired) electrons. The van der Waals surface area contributed by atoms with Crippen molar-refractivity contribution in [2.24, 2.45) is 0 Å². The summed E-state index contributed by atoms with van der Waals surface area (Å²) in [5.74, 6) is 0.534. The molecule has 2 aromatic rings. The molecular weight excluding hydrogens is 254 g/mol. The SMILES string of the molecule is CCOc1ccc(C(=O)Nc2ccc(C=O)cc2)cc1. The molecule has 0 aliphatic rings. The van der Waals surface area contributed by atoms with Crippen molar-refractivity contribution in [2.45, 2.75) is 6.92 Å². The number of carbonyl (C=O) groups excluding carboxylic acids is 2. The summed E-state index contributed by atoms with van der Waals surface area (Å²) >= 11 is 0. The summed E-state index contributed by atoms with van der Waals surface area (Å²) in [6.07, 6.45) is 0.762. The monoisotopic (exact) mass is 269 g/mol. The van der Waals surface area contributed by atoms with Gasteiger partial charge in [0.25, 0.3) is 5.91 Å². The van der Waals surface area contributed by atoms with Crippen molar-refractivity contribution >= 4 is 17.9 Å². The Bertz CT molecular complexity index is 588. The molecule has 0 heterocycles. The van der Waals surface area contributed by atoms with E-state index in [1.807, 2.05) is 6.92 Å². The van der Waals surface area contributed by atoms with E-state index in [1.165, 1.54) is 0 Å². The molecule has 102 valence electrons. The number of amides is 1. The van der Waals surface area contributed by atoms with Crippen molar-refractivity contribution in [2.75, 3.05) is 11.9 Å². The second kappa shape index (κ2) is 6.52. The van der Waals surface area contributed by atoms with Crippen LogP contribution in [0.25, 0.3) is 0 Å². The molecular formula is C16H15NO3.